The van der Waals surface area contributed by atoms with E-state index in [0.717, 1.165) is 5.56 Å². The number of benzene rings is 2. The highest BCUT2D eigenvalue weighted by Crippen LogP contribution is 2.21. The molecular weight excluding hydrogens is 364 g/mol. The summed E-state index contributed by atoms with van der Waals surface area (Å²) >= 11 is 0. The molecule has 148 valence electrons. The van der Waals surface area contributed by atoms with E-state index in [2.05, 4.69) is 0 Å². The highest BCUT2D eigenvalue weighted by molar-refractivity contribution is 7.89. The summed E-state index contributed by atoms with van der Waals surface area (Å²) in [7, 11) is -3.81. The number of nitrogens with zero attached hydrogens (tertiary/aromatic N) is 1. The Balaban J connectivity index is 2.16. The van der Waals surface area contributed by atoms with Crippen LogP contribution in [-0.2, 0) is 16.4 Å². The van der Waals surface area contributed by atoms with Crippen molar-refractivity contribution in [1.29, 1.82) is 0 Å². The van der Waals surface area contributed by atoms with Crippen molar-refractivity contribution in [3.05, 3.63) is 60.2 Å². The molecule has 0 aromatic heterocycles. The highest BCUT2D eigenvalue weighted by atomic mass is 32.2. The van der Waals surface area contributed by atoms with Gasteiger partial charge >= 0.3 is 0 Å². The van der Waals surface area contributed by atoms with Crippen molar-refractivity contribution in [2.45, 2.75) is 37.3 Å². The molecule has 0 saturated heterocycles. The number of phenolic OH excluding ortho intramolecular Hbond substituents is 1. The van der Waals surface area contributed by atoms with Crippen LogP contribution < -0.4 is 5.73 Å². The van der Waals surface area contributed by atoms with E-state index in [1.807, 2.05) is 44.2 Å². The molecule has 2 atom stereocenters. The average Bonchev–Trinajstić information content (AvgIpc) is 2.62. The third kappa shape index (κ3) is 6.04. The molecule has 0 aliphatic rings. The molecule has 0 aliphatic carbocycles. The first-order valence-corrected chi connectivity index (χ1v) is 10.4. The SMILES string of the molecule is CC(C)CN(CC(O)C(N)Cc1ccccc1)S(=O)(=O)c1ccc(O)cc1. The van der Waals surface area contributed by atoms with Crippen LogP contribution in [0.4, 0.5) is 0 Å². The molecule has 2 rings (SSSR count). The van der Waals surface area contributed by atoms with Crippen LogP contribution in [0.25, 0.3) is 0 Å². The molecular formula is C20H28N2O4S. The van der Waals surface area contributed by atoms with Crippen molar-refractivity contribution in [3.63, 3.8) is 0 Å². The minimum Gasteiger partial charge on any atom is -0.508 e. The van der Waals surface area contributed by atoms with Gasteiger partial charge in [-0.3, -0.25) is 0 Å². The van der Waals surface area contributed by atoms with Gasteiger partial charge in [0.25, 0.3) is 0 Å². The average molecular weight is 393 g/mol. The Hall–Kier alpha value is -1.93. The van der Waals surface area contributed by atoms with Crippen LogP contribution >= 0.6 is 0 Å². The monoisotopic (exact) mass is 392 g/mol. The quantitative estimate of drug-likeness (QED) is 0.605. The molecule has 27 heavy (non-hydrogen) atoms. The lowest BCUT2D eigenvalue weighted by molar-refractivity contribution is 0.116. The zero-order valence-electron chi connectivity index (χ0n) is 15.7. The van der Waals surface area contributed by atoms with E-state index in [-0.39, 0.29) is 29.7 Å². The van der Waals surface area contributed by atoms with Crippen LogP contribution in [0.1, 0.15) is 19.4 Å². The fourth-order valence-corrected chi connectivity index (χ4v) is 4.43. The number of phenols is 1. The Kier molecular flexibility index (Phi) is 7.38. The lowest BCUT2D eigenvalue weighted by Gasteiger charge is -2.28. The second kappa shape index (κ2) is 9.32. The number of sulfonamides is 1. The van der Waals surface area contributed by atoms with Crippen LogP contribution in [0.2, 0.25) is 0 Å². The smallest absolute Gasteiger partial charge is 0.243 e. The Bertz CT molecular complexity index is 808. The van der Waals surface area contributed by atoms with Crippen molar-refractivity contribution >= 4 is 10.0 Å². The molecule has 2 aromatic rings. The van der Waals surface area contributed by atoms with Gasteiger partial charge < -0.3 is 15.9 Å². The van der Waals surface area contributed by atoms with E-state index >= 15 is 0 Å². The maximum Gasteiger partial charge on any atom is 0.243 e. The first kappa shape index (κ1) is 21.4. The molecule has 0 heterocycles. The van der Waals surface area contributed by atoms with E-state index in [1.165, 1.54) is 28.6 Å². The van der Waals surface area contributed by atoms with Crippen molar-refractivity contribution < 1.29 is 18.6 Å². The molecule has 7 heteroatoms. The molecule has 0 bridgehead atoms. The predicted octanol–water partition coefficient (Wildman–Crippen LogP) is 1.97. The Morgan fingerprint density at radius 3 is 2.15 bits per heavy atom. The van der Waals surface area contributed by atoms with E-state index in [9.17, 15) is 18.6 Å². The normalized spacial score (nSPS) is 14.4. The van der Waals surface area contributed by atoms with Crippen molar-refractivity contribution in [3.8, 4) is 5.75 Å². The molecule has 0 saturated carbocycles. The molecule has 2 unspecified atom stereocenters. The van der Waals surface area contributed by atoms with E-state index in [0.29, 0.717) is 6.42 Å². The minimum absolute atomic E-state index is 0.00530. The molecule has 0 aliphatic heterocycles. The molecule has 2 aromatic carbocycles. The lowest BCUT2D eigenvalue weighted by Crippen LogP contribution is -2.47. The fourth-order valence-electron chi connectivity index (χ4n) is 2.81. The summed E-state index contributed by atoms with van der Waals surface area (Å²) in [4.78, 5) is 0.0739. The van der Waals surface area contributed by atoms with E-state index in [1.54, 1.807) is 0 Å². The van der Waals surface area contributed by atoms with Crippen LogP contribution in [0.3, 0.4) is 0 Å². The zero-order valence-corrected chi connectivity index (χ0v) is 16.5. The van der Waals surface area contributed by atoms with Crippen LogP contribution in [0.5, 0.6) is 5.75 Å². The molecule has 0 fully saturated rings. The summed E-state index contributed by atoms with van der Waals surface area (Å²) in [5, 5.41) is 19.9. The molecule has 0 amide bonds. The van der Waals surface area contributed by atoms with Gasteiger partial charge in [0.15, 0.2) is 0 Å². The molecule has 4 N–H and O–H groups in total. The van der Waals surface area contributed by atoms with Crippen molar-refractivity contribution in [2.24, 2.45) is 11.7 Å². The molecule has 0 spiro atoms. The van der Waals surface area contributed by atoms with Gasteiger partial charge in [0.1, 0.15) is 5.75 Å². The first-order valence-electron chi connectivity index (χ1n) is 8.97. The zero-order chi connectivity index (χ0) is 20.0. The summed E-state index contributed by atoms with van der Waals surface area (Å²) in [6.45, 7) is 4.00. The highest BCUT2D eigenvalue weighted by Gasteiger charge is 2.29. The third-order valence-corrected chi connectivity index (χ3v) is 6.09. The number of aliphatic hydroxyl groups excluding tert-OH is 1. The van der Waals surface area contributed by atoms with Gasteiger partial charge in [0.2, 0.25) is 10.0 Å². The number of hydrogen-bond donors (Lipinski definition) is 3. The Labute approximate surface area is 161 Å². The standard InChI is InChI=1S/C20H28N2O4S/c1-15(2)13-22(27(25,26)18-10-8-17(23)9-11-18)14-20(24)19(21)12-16-6-4-3-5-7-16/h3-11,15,19-20,23-24H,12-14,21H2,1-2H3. The second-order valence-corrected chi connectivity index (χ2v) is 9.07. The molecule has 6 nitrogen and oxygen atoms in total. The van der Waals surface area contributed by atoms with Gasteiger partial charge in [-0.05, 0) is 42.2 Å². The van der Waals surface area contributed by atoms with Crippen LogP contribution in [-0.4, -0.2) is 48.2 Å². The topological polar surface area (TPSA) is 104 Å². The first-order chi connectivity index (χ1) is 12.7. The largest absolute Gasteiger partial charge is 0.508 e. The lowest BCUT2D eigenvalue weighted by atomic mass is 10.0. The number of nitrogens with two attached hydrogens (primary N) is 1. The maximum atomic E-state index is 13.0. The Morgan fingerprint density at radius 1 is 1.00 bits per heavy atom. The van der Waals surface area contributed by atoms with Crippen LogP contribution in [0, 0.1) is 5.92 Å². The Morgan fingerprint density at radius 2 is 1.59 bits per heavy atom. The van der Waals surface area contributed by atoms with Gasteiger partial charge in [-0.15, -0.1) is 0 Å². The summed E-state index contributed by atoms with van der Waals surface area (Å²) in [6.07, 6.45) is -0.549. The van der Waals surface area contributed by atoms with E-state index < -0.39 is 22.2 Å². The maximum absolute atomic E-state index is 13.0. The summed E-state index contributed by atoms with van der Waals surface area (Å²) < 4.78 is 27.2. The number of aromatic hydroxyl groups is 1. The second-order valence-electron chi connectivity index (χ2n) is 7.13. The number of aliphatic hydroxyl groups is 1. The summed E-state index contributed by atoms with van der Waals surface area (Å²) in [6, 6.07) is 14.3. The van der Waals surface area contributed by atoms with E-state index in [4.69, 9.17) is 5.73 Å². The van der Waals surface area contributed by atoms with Crippen LogP contribution in [0.15, 0.2) is 59.5 Å². The van der Waals surface area contributed by atoms with Gasteiger partial charge in [-0.2, -0.15) is 4.31 Å². The number of hydrogen-bond acceptors (Lipinski definition) is 5. The van der Waals surface area contributed by atoms with Crippen molar-refractivity contribution in [2.75, 3.05) is 13.1 Å². The van der Waals surface area contributed by atoms with Gasteiger partial charge in [0.05, 0.1) is 11.0 Å². The predicted molar refractivity (Wildman–Crippen MR) is 106 cm³/mol. The van der Waals surface area contributed by atoms with Gasteiger partial charge in [0, 0.05) is 19.1 Å². The van der Waals surface area contributed by atoms with Gasteiger partial charge in [-0.25, -0.2) is 8.42 Å². The summed E-state index contributed by atoms with van der Waals surface area (Å²) in [5.74, 6) is 0.0729. The fraction of sp³-hybridized carbons (Fsp3) is 0.400. The summed E-state index contributed by atoms with van der Waals surface area (Å²) in [5.41, 5.74) is 7.11. The minimum atomic E-state index is -3.81. The van der Waals surface area contributed by atoms with Crippen molar-refractivity contribution in [1.82, 2.24) is 4.31 Å². The number of rotatable bonds is 9. The van der Waals surface area contributed by atoms with Gasteiger partial charge in [-0.1, -0.05) is 44.2 Å². The third-order valence-electron chi connectivity index (χ3n) is 4.24. The molecule has 0 radical (unpaired) electrons.